The number of aromatic nitrogens is 2. The van der Waals surface area contributed by atoms with Crippen LogP contribution in [0.2, 0.25) is 0 Å². The van der Waals surface area contributed by atoms with Gasteiger partial charge in [-0.1, -0.05) is 50.2 Å². The summed E-state index contributed by atoms with van der Waals surface area (Å²) < 4.78 is 30.9. The lowest BCUT2D eigenvalue weighted by molar-refractivity contribution is -0.138. The van der Waals surface area contributed by atoms with Crippen LogP contribution in [0.1, 0.15) is 67.1 Å². The highest BCUT2D eigenvalue weighted by atomic mass is 19.1. The van der Waals surface area contributed by atoms with Gasteiger partial charge < -0.3 is 14.8 Å². The standard InChI is InChI=1S/C30H34F2N4O3/c1-5-35-16-20(13-19(4)30(35)39)14-26(37)36-17-22(31)15-25(36)29(38)34-27(21-9-7-6-8-10-21)24-12-11-23(18(2)3)28(32)33-24/h6-13,16,18,22,25,27H,5,14-15,17H2,1-4H3,(H,34,38)/t22-,25+,27+/m1/s1. The Morgan fingerprint density at radius 2 is 1.87 bits per heavy atom. The number of hydrogen-bond acceptors (Lipinski definition) is 4. The van der Waals surface area contributed by atoms with Crippen molar-refractivity contribution in [3.8, 4) is 0 Å². The molecule has 0 saturated carbocycles. The van der Waals surface area contributed by atoms with E-state index in [0.717, 1.165) is 0 Å². The quantitative estimate of drug-likeness (QED) is 0.437. The van der Waals surface area contributed by atoms with Crippen LogP contribution in [-0.4, -0.2) is 45.0 Å². The summed E-state index contributed by atoms with van der Waals surface area (Å²) in [6, 6.07) is 12.2. The molecule has 0 bridgehead atoms. The van der Waals surface area contributed by atoms with Gasteiger partial charge in [0.2, 0.25) is 17.8 Å². The van der Waals surface area contributed by atoms with Crippen LogP contribution in [0.15, 0.2) is 59.5 Å². The number of amides is 2. The number of rotatable bonds is 8. The van der Waals surface area contributed by atoms with Crippen molar-refractivity contribution in [1.29, 1.82) is 0 Å². The number of likely N-dealkylation sites (tertiary alicyclic amines) is 1. The Morgan fingerprint density at radius 1 is 1.15 bits per heavy atom. The van der Waals surface area contributed by atoms with Gasteiger partial charge in [0, 0.05) is 30.3 Å². The smallest absolute Gasteiger partial charge is 0.253 e. The molecule has 2 amide bonds. The Kier molecular flexibility index (Phi) is 8.57. The van der Waals surface area contributed by atoms with Gasteiger partial charge in [-0.25, -0.2) is 9.37 Å². The minimum absolute atomic E-state index is 0.0590. The van der Waals surface area contributed by atoms with E-state index >= 15 is 0 Å². The number of alkyl halides is 1. The second-order valence-electron chi connectivity index (χ2n) is 10.3. The van der Waals surface area contributed by atoms with Gasteiger partial charge in [-0.15, -0.1) is 0 Å². The van der Waals surface area contributed by atoms with Crippen LogP contribution in [0.5, 0.6) is 0 Å². The summed E-state index contributed by atoms with van der Waals surface area (Å²) in [5.74, 6) is -1.61. The summed E-state index contributed by atoms with van der Waals surface area (Å²) in [6.07, 6.45) is 0.0637. The van der Waals surface area contributed by atoms with Crippen molar-refractivity contribution in [2.75, 3.05) is 6.54 Å². The molecule has 0 aliphatic carbocycles. The summed E-state index contributed by atoms with van der Waals surface area (Å²) in [6.45, 7) is 7.51. The summed E-state index contributed by atoms with van der Waals surface area (Å²) in [5, 5.41) is 2.90. The van der Waals surface area contributed by atoms with Gasteiger partial charge in [-0.05, 0) is 43.0 Å². The van der Waals surface area contributed by atoms with Crippen LogP contribution in [0.4, 0.5) is 8.78 Å². The molecule has 4 rings (SSSR count). The van der Waals surface area contributed by atoms with Crippen molar-refractivity contribution in [2.24, 2.45) is 0 Å². The molecule has 206 valence electrons. The fourth-order valence-corrected chi connectivity index (χ4v) is 5.04. The van der Waals surface area contributed by atoms with Crippen molar-refractivity contribution >= 4 is 11.8 Å². The molecule has 3 heterocycles. The first-order chi connectivity index (χ1) is 18.6. The highest BCUT2D eigenvalue weighted by Crippen LogP contribution is 2.27. The van der Waals surface area contributed by atoms with Crippen LogP contribution >= 0.6 is 0 Å². The van der Waals surface area contributed by atoms with E-state index in [0.29, 0.717) is 34.5 Å². The second kappa shape index (κ2) is 11.9. The lowest BCUT2D eigenvalue weighted by atomic mass is 9.99. The number of hydrogen-bond donors (Lipinski definition) is 1. The Balaban J connectivity index is 1.59. The van der Waals surface area contributed by atoms with Crippen LogP contribution < -0.4 is 10.9 Å². The third kappa shape index (κ3) is 6.24. The van der Waals surface area contributed by atoms with Gasteiger partial charge in [-0.2, -0.15) is 4.39 Å². The number of pyridine rings is 2. The molecule has 1 saturated heterocycles. The third-order valence-electron chi connectivity index (χ3n) is 7.13. The number of nitrogens with zero attached hydrogens (tertiary/aromatic N) is 3. The molecule has 1 aromatic carbocycles. The molecule has 39 heavy (non-hydrogen) atoms. The zero-order valence-corrected chi connectivity index (χ0v) is 22.7. The maximum atomic E-state index is 14.8. The molecule has 1 N–H and O–H groups in total. The van der Waals surface area contributed by atoms with Gasteiger partial charge in [0.25, 0.3) is 5.56 Å². The van der Waals surface area contributed by atoms with Gasteiger partial charge in [0.05, 0.1) is 24.7 Å². The fourth-order valence-electron chi connectivity index (χ4n) is 5.04. The average Bonchev–Trinajstić information content (AvgIpc) is 3.31. The molecule has 7 nitrogen and oxygen atoms in total. The molecule has 2 aromatic heterocycles. The monoisotopic (exact) mass is 536 g/mol. The molecule has 9 heteroatoms. The minimum Gasteiger partial charge on any atom is -0.342 e. The van der Waals surface area contributed by atoms with Gasteiger partial charge >= 0.3 is 0 Å². The zero-order valence-electron chi connectivity index (χ0n) is 22.7. The summed E-state index contributed by atoms with van der Waals surface area (Å²) in [5.41, 5.74) is 2.45. The number of carbonyl (C=O) groups excluding carboxylic acids is 2. The maximum Gasteiger partial charge on any atom is 0.253 e. The fraction of sp³-hybridized carbons (Fsp3) is 0.400. The van der Waals surface area contributed by atoms with Crippen LogP contribution in [0.3, 0.4) is 0 Å². The first-order valence-corrected chi connectivity index (χ1v) is 13.2. The first kappa shape index (κ1) is 28.1. The van der Waals surface area contributed by atoms with E-state index in [1.54, 1.807) is 55.6 Å². The highest BCUT2D eigenvalue weighted by molar-refractivity contribution is 5.89. The Hall–Kier alpha value is -3.88. The van der Waals surface area contributed by atoms with E-state index in [1.165, 1.54) is 9.47 Å². The van der Waals surface area contributed by atoms with E-state index < -0.39 is 36.0 Å². The van der Waals surface area contributed by atoms with Gasteiger partial charge in [-0.3, -0.25) is 14.4 Å². The Labute approximate surface area is 226 Å². The average molecular weight is 537 g/mol. The molecule has 1 aliphatic heterocycles. The first-order valence-electron chi connectivity index (χ1n) is 13.2. The SMILES string of the molecule is CCn1cc(CC(=O)N2C[C@H](F)C[C@H]2C(=O)N[C@@H](c2ccccc2)c2ccc(C(C)C)c(F)n2)cc(C)c1=O. The maximum absolute atomic E-state index is 14.8. The molecule has 1 aliphatic rings. The number of nitrogens with one attached hydrogen (secondary N) is 1. The predicted octanol–water partition coefficient (Wildman–Crippen LogP) is 4.22. The zero-order chi connectivity index (χ0) is 28.3. The van der Waals surface area contributed by atoms with Crippen LogP contribution in [0, 0.1) is 12.9 Å². The van der Waals surface area contributed by atoms with Crippen molar-refractivity contribution < 1.29 is 18.4 Å². The van der Waals surface area contributed by atoms with E-state index in [-0.39, 0.29) is 30.9 Å². The molecule has 0 unspecified atom stereocenters. The molecule has 0 radical (unpaired) electrons. The molecule has 1 fully saturated rings. The lowest BCUT2D eigenvalue weighted by Gasteiger charge is -2.27. The van der Waals surface area contributed by atoms with E-state index in [9.17, 15) is 23.2 Å². The molecule has 0 spiro atoms. The van der Waals surface area contributed by atoms with Crippen LogP contribution in [-0.2, 0) is 22.6 Å². The topological polar surface area (TPSA) is 84.3 Å². The highest BCUT2D eigenvalue weighted by Gasteiger charge is 2.40. The van der Waals surface area contributed by atoms with Crippen molar-refractivity contribution in [2.45, 2.75) is 71.3 Å². The predicted molar refractivity (Wildman–Crippen MR) is 145 cm³/mol. The summed E-state index contributed by atoms with van der Waals surface area (Å²) in [7, 11) is 0. The molecule has 3 aromatic rings. The number of halogens is 2. The van der Waals surface area contributed by atoms with Crippen molar-refractivity contribution in [1.82, 2.24) is 19.8 Å². The second-order valence-corrected chi connectivity index (χ2v) is 10.3. The van der Waals surface area contributed by atoms with E-state index in [2.05, 4.69) is 10.3 Å². The Bertz CT molecular complexity index is 1410. The van der Waals surface area contributed by atoms with Crippen molar-refractivity contribution in [3.63, 3.8) is 0 Å². The minimum atomic E-state index is -1.35. The Morgan fingerprint density at radius 3 is 2.51 bits per heavy atom. The normalized spacial score (nSPS) is 17.9. The number of carbonyl (C=O) groups is 2. The molecular weight excluding hydrogens is 502 g/mol. The van der Waals surface area contributed by atoms with Crippen LogP contribution in [0.25, 0.3) is 0 Å². The summed E-state index contributed by atoms with van der Waals surface area (Å²) in [4.78, 5) is 44.4. The van der Waals surface area contributed by atoms with Gasteiger partial charge in [0.1, 0.15) is 12.2 Å². The summed E-state index contributed by atoms with van der Waals surface area (Å²) >= 11 is 0. The third-order valence-corrected chi connectivity index (χ3v) is 7.13. The van der Waals surface area contributed by atoms with Gasteiger partial charge in [0.15, 0.2) is 0 Å². The van der Waals surface area contributed by atoms with Crippen molar-refractivity contribution in [3.05, 3.63) is 99.0 Å². The molecular formula is C30H34F2N4O3. The number of benzene rings is 1. The number of aryl methyl sites for hydroxylation is 2. The molecule has 3 atom stereocenters. The largest absolute Gasteiger partial charge is 0.342 e. The van der Waals surface area contributed by atoms with E-state index in [4.69, 9.17) is 0 Å². The lowest BCUT2D eigenvalue weighted by Crippen LogP contribution is -2.47. The van der Waals surface area contributed by atoms with E-state index in [1.807, 2.05) is 26.8 Å².